The van der Waals surface area contributed by atoms with E-state index in [0.717, 1.165) is 50.2 Å². The third-order valence-electron chi connectivity index (χ3n) is 5.44. The molecule has 4 rings (SSSR count). The summed E-state index contributed by atoms with van der Waals surface area (Å²) in [5.74, 6) is 1.35. The lowest BCUT2D eigenvalue weighted by molar-refractivity contribution is -0.118. The van der Waals surface area contributed by atoms with Crippen molar-refractivity contribution in [1.82, 2.24) is 5.32 Å². The molecule has 1 saturated carbocycles. The number of nitrogens with one attached hydrogen (secondary N) is 2. The Morgan fingerprint density at radius 2 is 2.09 bits per heavy atom. The van der Waals surface area contributed by atoms with Crippen molar-refractivity contribution in [1.29, 1.82) is 0 Å². The van der Waals surface area contributed by atoms with Crippen molar-refractivity contribution in [3.63, 3.8) is 0 Å². The highest BCUT2D eigenvalue weighted by atomic mass is 16.5. The summed E-state index contributed by atoms with van der Waals surface area (Å²) in [4.78, 5) is 12.5. The molecule has 1 aromatic carbocycles. The maximum absolute atomic E-state index is 12.5. The molecule has 0 aromatic heterocycles. The lowest BCUT2D eigenvalue weighted by Gasteiger charge is -2.23. The molecular formula is C18H24N2O2. The van der Waals surface area contributed by atoms with Gasteiger partial charge in [0, 0.05) is 23.6 Å². The van der Waals surface area contributed by atoms with Crippen molar-refractivity contribution in [3.05, 3.63) is 23.8 Å². The topological polar surface area (TPSA) is 50.4 Å². The molecule has 2 aliphatic heterocycles. The normalized spacial score (nSPS) is 27.1. The minimum Gasteiger partial charge on any atom is -0.487 e. The Balaban J connectivity index is 1.43. The van der Waals surface area contributed by atoms with E-state index in [-0.39, 0.29) is 22.8 Å². The molecule has 4 nitrogen and oxygen atoms in total. The molecule has 118 valence electrons. The number of hydrogen-bond acceptors (Lipinski definition) is 3. The van der Waals surface area contributed by atoms with E-state index in [9.17, 15) is 4.79 Å². The van der Waals surface area contributed by atoms with Crippen molar-refractivity contribution in [2.75, 3.05) is 18.4 Å². The minimum atomic E-state index is -0.138. The molecular weight excluding hydrogens is 276 g/mol. The Morgan fingerprint density at radius 1 is 1.32 bits per heavy atom. The fourth-order valence-electron chi connectivity index (χ4n) is 4.11. The largest absolute Gasteiger partial charge is 0.487 e. The van der Waals surface area contributed by atoms with E-state index in [1.165, 1.54) is 5.56 Å². The zero-order valence-corrected chi connectivity index (χ0v) is 13.4. The number of benzene rings is 1. The molecule has 4 heteroatoms. The maximum atomic E-state index is 12.5. The van der Waals surface area contributed by atoms with Gasteiger partial charge in [-0.25, -0.2) is 0 Å². The number of hydrogen-bond donors (Lipinski definition) is 2. The van der Waals surface area contributed by atoms with Crippen LogP contribution in [0.25, 0.3) is 0 Å². The summed E-state index contributed by atoms with van der Waals surface area (Å²) >= 11 is 0. The first-order valence-electron chi connectivity index (χ1n) is 8.31. The van der Waals surface area contributed by atoms with Crippen molar-refractivity contribution >= 4 is 11.6 Å². The number of anilines is 1. The second-order valence-electron chi connectivity index (χ2n) is 7.72. The van der Waals surface area contributed by atoms with Crippen molar-refractivity contribution in [2.45, 2.75) is 45.1 Å². The predicted octanol–water partition coefficient (Wildman–Crippen LogP) is 2.73. The third-order valence-corrected chi connectivity index (χ3v) is 5.44. The molecule has 2 N–H and O–H groups in total. The number of carbonyl (C=O) groups excluding carboxylic acids is 1. The highest BCUT2D eigenvalue weighted by Gasteiger charge is 2.57. The van der Waals surface area contributed by atoms with Crippen LogP contribution in [0.3, 0.4) is 0 Å². The summed E-state index contributed by atoms with van der Waals surface area (Å²) in [5, 5.41) is 6.50. The molecule has 0 radical (unpaired) electrons. The summed E-state index contributed by atoms with van der Waals surface area (Å²) in [6.45, 7) is 6.29. The Hall–Kier alpha value is -1.55. The average molecular weight is 300 g/mol. The lowest BCUT2D eigenvalue weighted by Crippen LogP contribution is -2.31. The molecule has 1 saturated heterocycles. The lowest BCUT2D eigenvalue weighted by atomic mass is 9.91. The van der Waals surface area contributed by atoms with Gasteiger partial charge in [0.2, 0.25) is 5.91 Å². The molecule has 0 bridgehead atoms. The van der Waals surface area contributed by atoms with Gasteiger partial charge in [0.05, 0.1) is 0 Å². The first-order valence-corrected chi connectivity index (χ1v) is 8.31. The minimum absolute atomic E-state index is 0.138. The fourth-order valence-corrected chi connectivity index (χ4v) is 4.11. The molecule has 1 unspecified atom stereocenters. The highest BCUT2D eigenvalue weighted by Crippen LogP contribution is 2.58. The summed E-state index contributed by atoms with van der Waals surface area (Å²) in [6.07, 6.45) is 4.22. The Morgan fingerprint density at radius 3 is 2.86 bits per heavy atom. The third kappa shape index (κ3) is 2.39. The van der Waals surface area contributed by atoms with Crippen LogP contribution in [0.4, 0.5) is 5.69 Å². The van der Waals surface area contributed by atoms with E-state index in [1.807, 2.05) is 12.1 Å². The molecule has 1 amide bonds. The molecule has 1 atom stereocenters. The van der Waals surface area contributed by atoms with Gasteiger partial charge in [-0.1, -0.05) is 0 Å². The Labute approximate surface area is 131 Å². The number of amides is 1. The van der Waals surface area contributed by atoms with Gasteiger partial charge in [-0.2, -0.15) is 0 Å². The van der Waals surface area contributed by atoms with Gasteiger partial charge in [0.15, 0.2) is 0 Å². The summed E-state index contributed by atoms with van der Waals surface area (Å²) in [7, 11) is 0. The van der Waals surface area contributed by atoms with Gasteiger partial charge in [0.1, 0.15) is 11.4 Å². The fraction of sp³-hybridized carbons (Fsp3) is 0.611. The molecule has 3 aliphatic rings. The average Bonchev–Trinajstić information content (AvgIpc) is 3.05. The van der Waals surface area contributed by atoms with E-state index in [4.69, 9.17) is 4.74 Å². The maximum Gasteiger partial charge on any atom is 0.228 e. The van der Waals surface area contributed by atoms with Crippen molar-refractivity contribution in [2.24, 2.45) is 11.3 Å². The monoisotopic (exact) mass is 300 g/mol. The molecule has 2 heterocycles. The van der Waals surface area contributed by atoms with Gasteiger partial charge >= 0.3 is 0 Å². The summed E-state index contributed by atoms with van der Waals surface area (Å²) in [5.41, 5.74) is 2.24. The van der Waals surface area contributed by atoms with Crippen LogP contribution < -0.4 is 15.4 Å². The van der Waals surface area contributed by atoms with Crippen LogP contribution in [0.1, 0.15) is 38.7 Å². The van der Waals surface area contributed by atoms with E-state index < -0.39 is 0 Å². The van der Waals surface area contributed by atoms with Crippen LogP contribution in [-0.4, -0.2) is 24.6 Å². The zero-order chi connectivity index (χ0) is 15.4. The molecule has 1 aromatic rings. The molecule has 22 heavy (non-hydrogen) atoms. The van der Waals surface area contributed by atoms with E-state index in [2.05, 4.69) is 30.5 Å². The number of ether oxygens (including phenoxy) is 1. The molecule has 1 spiro atoms. The van der Waals surface area contributed by atoms with Gasteiger partial charge < -0.3 is 15.4 Å². The Kier molecular flexibility index (Phi) is 3.02. The predicted molar refractivity (Wildman–Crippen MR) is 86.1 cm³/mol. The van der Waals surface area contributed by atoms with Gasteiger partial charge in [-0.3, -0.25) is 4.79 Å². The van der Waals surface area contributed by atoms with Crippen LogP contribution in [0.15, 0.2) is 18.2 Å². The number of carbonyl (C=O) groups is 1. The Bertz CT molecular complexity index is 618. The second-order valence-corrected chi connectivity index (χ2v) is 7.72. The van der Waals surface area contributed by atoms with Crippen LogP contribution >= 0.6 is 0 Å². The van der Waals surface area contributed by atoms with Crippen molar-refractivity contribution < 1.29 is 9.53 Å². The van der Waals surface area contributed by atoms with Gasteiger partial charge in [0.25, 0.3) is 0 Å². The van der Waals surface area contributed by atoms with E-state index >= 15 is 0 Å². The van der Waals surface area contributed by atoms with Crippen molar-refractivity contribution in [3.8, 4) is 5.75 Å². The second kappa shape index (κ2) is 4.72. The van der Waals surface area contributed by atoms with E-state index in [1.54, 1.807) is 0 Å². The van der Waals surface area contributed by atoms with Gasteiger partial charge in [-0.05, 0) is 69.8 Å². The smallest absolute Gasteiger partial charge is 0.228 e. The zero-order valence-electron chi connectivity index (χ0n) is 13.4. The van der Waals surface area contributed by atoms with Gasteiger partial charge in [-0.15, -0.1) is 0 Å². The summed E-state index contributed by atoms with van der Waals surface area (Å²) < 4.78 is 5.88. The standard InChI is InChI=1S/C18H24N2O2/c1-17(2)10-12-9-13(3-4-15(12)22-17)20-16(21)14-11-18(14)5-7-19-8-6-18/h3-4,9,14,19H,5-8,10-11H2,1-2H3,(H,20,21). The van der Waals surface area contributed by atoms with Crippen LogP contribution in [0.5, 0.6) is 5.75 Å². The highest BCUT2D eigenvalue weighted by molar-refractivity contribution is 5.95. The quantitative estimate of drug-likeness (QED) is 0.883. The first-order chi connectivity index (χ1) is 10.5. The number of piperidine rings is 1. The van der Waals surface area contributed by atoms with E-state index in [0.29, 0.717) is 0 Å². The molecule has 1 aliphatic carbocycles. The first kappa shape index (κ1) is 14.1. The number of fused-ring (bicyclic) bond motifs is 1. The van der Waals surface area contributed by atoms with Crippen LogP contribution in [0.2, 0.25) is 0 Å². The van der Waals surface area contributed by atoms with Crippen LogP contribution in [0, 0.1) is 11.3 Å². The summed E-state index contributed by atoms with van der Waals surface area (Å²) in [6, 6.07) is 6.00. The number of rotatable bonds is 2. The SMILES string of the molecule is CC1(C)Cc2cc(NC(=O)C3CC34CCNCC4)ccc2O1. The van der Waals surface area contributed by atoms with Crippen LogP contribution in [-0.2, 0) is 11.2 Å². The molecule has 2 fully saturated rings.